The van der Waals surface area contributed by atoms with Crippen LogP contribution in [0.15, 0.2) is 46.9 Å². The third-order valence-corrected chi connectivity index (χ3v) is 5.63. The van der Waals surface area contributed by atoms with E-state index in [1.807, 2.05) is 25.1 Å². The molecule has 1 saturated carbocycles. The molecule has 2 N–H and O–H groups in total. The third-order valence-electron chi connectivity index (χ3n) is 5.14. The minimum Gasteiger partial charge on any atom is -0.346 e. The van der Waals surface area contributed by atoms with Crippen LogP contribution in [0.1, 0.15) is 36.8 Å². The van der Waals surface area contributed by atoms with E-state index in [9.17, 15) is 14.0 Å². The summed E-state index contributed by atoms with van der Waals surface area (Å²) < 4.78 is 14.6. The van der Waals surface area contributed by atoms with E-state index in [0.717, 1.165) is 22.9 Å². The summed E-state index contributed by atoms with van der Waals surface area (Å²) >= 11 is 3.39. The second-order valence-electron chi connectivity index (χ2n) is 6.99. The standard InChI is InChI=1S/C21H22BrFN2O2/c1-14-11-16(22)7-8-18(14)25-19(26)13-24-20(27)21(9-2-3-10-21)15-5-4-6-17(23)12-15/h4-8,11-12H,2-3,9-10,13H2,1H3,(H,24,27)(H,25,26). The van der Waals surface area contributed by atoms with Gasteiger partial charge in [-0.2, -0.15) is 0 Å². The Morgan fingerprint density at radius 3 is 2.56 bits per heavy atom. The molecule has 0 unspecified atom stereocenters. The quantitative estimate of drug-likeness (QED) is 0.732. The molecule has 142 valence electrons. The predicted molar refractivity (Wildman–Crippen MR) is 107 cm³/mol. The zero-order chi connectivity index (χ0) is 19.4. The van der Waals surface area contributed by atoms with Gasteiger partial charge in [-0.3, -0.25) is 9.59 Å². The molecule has 0 heterocycles. The molecule has 0 aromatic heterocycles. The Bertz CT molecular complexity index is 863. The number of carbonyl (C=O) groups excluding carboxylic acids is 2. The maximum Gasteiger partial charge on any atom is 0.243 e. The van der Waals surface area contributed by atoms with Gasteiger partial charge in [-0.25, -0.2) is 4.39 Å². The molecule has 0 atom stereocenters. The predicted octanol–water partition coefficient (Wildman–Crippen LogP) is 4.46. The van der Waals surface area contributed by atoms with Crippen molar-refractivity contribution in [3.63, 3.8) is 0 Å². The molecule has 0 radical (unpaired) electrons. The first-order chi connectivity index (χ1) is 12.9. The molecule has 2 aromatic carbocycles. The highest BCUT2D eigenvalue weighted by Gasteiger charge is 2.42. The van der Waals surface area contributed by atoms with Crippen molar-refractivity contribution in [1.82, 2.24) is 5.32 Å². The fourth-order valence-corrected chi connectivity index (χ4v) is 4.18. The van der Waals surface area contributed by atoms with Crippen molar-refractivity contribution in [3.8, 4) is 0 Å². The maximum atomic E-state index is 13.7. The molecule has 1 aliphatic rings. The van der Waals surface area contributed by atoms with Crippen LogP contribution < -0.4 is 10.6 Å². The monoisotopic (exact) mass is 432 g/mol. The Balaban J connectivity index is 1.67. The summed E-state index contributed by atoms with van der Waals surface area (Å²) in [6.45, 7) is 1.78. The van der Waals surface area contributed by atoms with Crippen LogP contribution in [0.3, 0.4) is 0 Å². The van der Waals surface area contributed by atoms with Crippen LogP contribution in [0.2, 0.25) is 0 Å². The molecule has 0 bridgehead atoms. The number of hydrogen-bond donors (Lipinski definition) is 2. The van der Waals surface area contributed by atoms with Crippen molar-refractivity contribution >= 4 is 33.4 Å². The molecule has 1 aliphatic carbocycles. The largest absolute Gasteiger partial charge is 0.346 e. The SMILES string of the molecule is Cc1cc(Br)ccc1NC(=O)CNC(=O)C1(c2cccc(F)c2)CCCC1. The van der Waals surface area contributed by atoms with E-state index in [0.29, 0.717) is 24.1 Å². The first kappa shape index (κ1) is 19.5. The number of halogens is 2. The topological polar surface area (TPSA) is 58.2 Å². The first-order valence-corrected chi connectivity index (χ1v) is 9.80. The van der Waals surface area contributed by atoms with Gasteiger partial charge in [0.15, 0.2) is 0 Å². The second-order valence-corrected chi connectivity index (χ2v) is 7.91. The molecular weight excluding hydrogens is 411 g/mol. The van der Waals surface area contributed by atoms with E-state index in [-0.39, 0.29) is 24.2 Å². The van der Waals surface area contributed by atoms with Crippen molar-refractivity contribution in [3.05, 3.63) is 63.9 Å². The third kappa shape index (κ3) is 4.38. The molecule has 2 amide bonds. The van der Waals surface area contributed by atoms with Gasteiger partial charge in [-0.05, 0) is 61.2 Å². The van der Waals surface area contributed by atoms with E-state index < -0.39 is 5.41 Å². The Hall–Kier alpha value is -2.21. The summed E-state index contributed by atoms with van der Waals surface area (Å²) in [5.74, 6) is -0.857. The van der Waals surface area contributed by atoms with Crippen molar-refractivity contribution in [2.45, 2.75) is 38.0 Å². The van der Waals surface area contributed by atoms with E-state index in [1.54, 1.807) is 12.1 Å². The zero-order valence-corrected chi connectivity index (χ0v) is 16.7. The Morgan fingerprint density at radius 1 is 1.15 bits per heavy atom. The molecule has 0 aliphatic heterocycles. The minimum atomic E-state index is -0.754. The Morgan fingerprint density at radius 2 is 1.89 bits per heavy atom. The van der Waals surface area contributed by atoms with E-state index in [1.165, 1.54) is 12.1 Å². The van der Waals surface area contributed by atoms with Gasteiger partial charge in [0.1, 0.15) is 5.82 Å². The lowest BCUT2D eigenvalue weighted by Crippen LogP contribution is -2.45. The van der Waals surface area contributed by atoms with Crippen LogP contribution in [0, 0.1) is 12.7 Å². The van der Waals surface area contributed by atoms with Crippen molar-refractivity contribution < 1.29 is 14.0 Å². The van der Waals surface area contributed by atoms with Gasteiger partial charge < -0.3 is 10.6 Å². The van der Waals surface area contributed by atoms with Crippen molar-refractivity contribution in [2.75, 3.05) is 11.9 Å². The highest BCUT2D eigenvalue weighted by atomic mass is 79.9. The minimum absolute atomic E-state index is 0.120. The van der Waals surface area contributed by atoms with Gasteiger partial charge >= 0.3 is 0 Å². The van der Waals surface area contributed by atoms with Crippen LogP contribution in [-0.2, 0) is 15.0 Å². The van der Waals surface area contributed by atoms with E-state index in [2.05, 4.69) is 26.6 Å². The summed E-state index contributed by atoms with van der Waals surface area (Å²) in [5, 5.41) is 5.56. The lowest BCUT2D eigenvalue weighted by molar-refractivity contribution is -0.128. The fourth-order valence-electron chi connectivity index (χ4n) is 3.70. The maximum absolute atomic E-state index is 13.7. The summed E-state index contributed by atoms with van der Waals surface area (Å²) in [7, 11) is 0. The molecule has 6 heteroatoms. The lowest BCUT2D eigenvalue weighted by Gasteiger charge is -2.28. The Kier molecular flexibility index (Phi) is 5.95. The normalized spacial score (nSPS) is 15.4. The number of aryl methyl sites for hydroxylation is 1. The number of anilines is 1. The highest BCUT2D eigenvalue weighted by Crippen LogP contribution is 2.41. The van der Waals surface area contributed by atoms with E-state index in [4.69, 9.17) is 0 Å². The fraction of sp³-hybridized carbons (Fsp3) is 0.333. The molecule has 0 saturated heterocycles. The van der Waals surface area contributed by atoms with Gasteiger partial charge in [0.25, 0.3) is 0 Å². The number of carbonyl (C=O) groups is 2. The molecule has 27 heavy (non-hydrogen) atoms. The van der Waals surface area contributed by atoms with Gasteiger partial charge in [-0.15, -0.1) is 0 Å². The second kappa shape index (κ2) is 8.21. The summed E-state index contributed by atoms with van der Waals surface area (Å²) in [6.07, 6.45) is 3.15. The average Bonchev–Trinajstić information content (AvgIpc) is 3.13. The number of benzene rings is 2. The van der Waals surface area contributed by atoms with Gasteiger partial charge in [0, 0.05) is 10.2 Å². The molecule has 1 fully saturated rings. The number of amides is 2. The van der Waals surface area contributed by atoms with Crippen molar-refractivity contribution in [1.29, 1.82) is 0 Å². The smallest absolute Gasteiger partial charge is 0.243 e. The van der Waals surface area contributed by atoms with Crippen LogP contribution in [0.4, 0.5) is 10.1 Å². The van der Waals surface area contributed by atoms with Crippen LogP contribution >= 0.6 is 15.9 Å². The molecule has 0 spiro atoms. The zero-order valence-electron chi connectivity index (χ0n) is 15.1. The molecule has 2 aromatic rings. The Labute approximate surface area is 166 Å². The van der Waals surface area contributed by atoms with Crippen molar-refractivity contribution in [2.24, 2.45) is 0 Å². The lowest BCUT2D eigenvalue weighted by atomic mass is 9.78. The summed E-state index contributed by atoms with van der Waals surface area (Å²) in [6, 6.07) is 11.8. The number of hydrogen-bond acceptors (Lipinski definition) is 2. The highest BCUT2D eigenvalue weighted by molar-refractivity contribution is 9.10. The number of rotatable bonds is 5. The molecule has 4 nitrogen and oxygen atoms in total. The first-order valence-electron chi connectivity index (χ1n) is 9.01. The van der Waals surface area contributed by atoms with Gasteiger partial charge in [-0.1, -0.05) is 40.9 Å². The van der Waals surface area contributed by atoms with Crippen LogP contribution in [-0.4, -0.2) is 18.4 Å². The van der Waals surface area contributed by atoms with Crippen LogP contribution in [0.5, 0.6) is 0 Å². The molecule has 3 rings (SSSR count). The van der Waals surface area contributed by atoms with Gasteiger partial charge in [0.2, 0.25) is 11.8 Å². The average molecular weight is 433 g/mol. The van der Waals surface area contributed by atoms with Gasteiger partial charge in [0.05, 0.1) is 12.0 Å². The summed E-state index contributed by atoms with van der Waals surface area (Å²) in [4.78, 5) is 25.2. The number of nitrogens with one attached hydrogen (secondary N) is 2. The summed E-state index contributed by atoms with van der Waals surface area (Å²) in [5.41, 5.74) is 1.56. The van der Waals surface area contributed by atoms with Crippen LogP contribution in [0.25, 0.3) is 0 Å². The van der Waals surface area contributed by atoms with E-state index >= 15 is 0 Å². The molecular formula is C21H22BrFN2O2.